The standard InChI is InChI=1S/C17H24N2O4/c1-17(2,12-18)16(20)19(3)7-6-8-23-15-10-13(21-4)9-14(11-15)22-5/h9-11H,6-8H2,1-5H3. The summed E-state index contributed by atoms with van der Waals surface area (Å²) in [5.74, 6) is 1.76. The van der Waals surface area contributed by atoms with Gasteiger partial charge in [-0.15, -0.1) is 0 Å². The van der Waals surface area contributed by atoms with Crippen LogP contribution < -0.4 is 14.2 Å². The lowest BCUT2D eigenvalue weighted by molar-refractivity contribution is -0.136. The monoisotopic (exact) mass is 320 g/mol. The minimum Gasteiger partial charge on any atom is -0.496 e. The molecule has 6 nitrogen and oxygen atoms in total. The molecule has 0 fully saturated rings. The van der Waals surface area contributed by atoms with Crippen molar-refractivity contribution < 1.29 is 19.0 Å². The van der Waals surface area contributed by atoms with Gasteiger partial charge < -0.3 is 19.1 Å². The van der Waals surface area contributed by atoms with E-state index in [4.69, 9.17) is 19.5 Å². The molecule has 23 heavy (non-hydrogen) atoms. The van der Waals surface area contributed by atoms with Crippen LogP contribution in [0.25, 0.3) is 0 Å². The molecule has 1 aromatic carbocycles. The molecule has 1 amide bonds. The van der Waals surface area contributed by atoms with Crippen LogP contribution in [-0.4, -0.2) is 45.2 Å². The normalized spacial score (nSPS) is 10.6. The Morgan fingerprint density at radius 2 is 1.70 bits per heavy atom. The average Bonchev–Trinajstić information content (AvgIpc) is 2.57. The summed E-state index contributed by atoms with van der Waals surface area (Å²) in [6, 6.07) is 7.33. The van der Waals surface area contributed by atoms with Gasteiger partial charge in [-0.05, 0) is 20.3 Å². The number of nitriles is 1. The van der Waals surface area contributed by atoms with Gasteiger partial charge in [0.25, 0.3) is 0 Å². The molecule has 0 atom stereocenters. The van der Waals surface area contributed by atoms with Crippen LogP contribution in [0, 0.1) is 16.7 Å². The zero-order valence-electron chi connectivity index (χ0n) is 14.4. The van der Waals surface area contributed by atoms with E-state index in [1.54, 1.807) is 58.2 Å². The Morgan fingerprint density at radius 3 is 2.17 bits per heavy atom. The first-order chi connectivity index (χ1) is 10.8. The van der Waals surface area contributed by atoms with Crippen molar-refractivity contribution in [2.75, 3.05) is 34.4 Å². The number of rotatable bonds is 8. The van der Waals surface area contributed by atoms with E-state index < -0.39 is 5.41 Å². The highest BCUT2D eigenvalue weighted by Gasteiger charge is 2.29. The van der Waals surface area contributed by atoms with Crippen LogP contribution >= 0.6 is 0 Å². The first kappa shape index (κ1) is 18.6. The van der Waals surface area contributed by atoms with Gasteiger partial charge in [-0.1, -0.05) is 0 Å². The summed E-state index contributed by atoms with van der Waals surface area (Å²) in [4.78, 5) is 13.6. The maximum absolute atomic E-state index is 12.1. The number of hydrogen-bond acceptors (Lipinski definition) is 5. The molecule has 0 aliphatic rings. The number of methoxy groups -OCH3 is 2. The molecule has 6 heteroatoms. The van der Waals surface area contributed by atoms with Crippen LogP contribution in [-0.2, 0) is 4.79 Å². The first-order valence-electron chi connectivity index (χ1n) is 7.36. The quantitative estimate of drug-likeness (QED) is 0.688. The van der Waals surface area contributed by atoms with E-state index in [9.17, 15) is 4.79 Å². The van der Waals surface area contributed by atoms with Crippen LogP contribution in [0.1, 0.15) is 20.3 Å². The van der Waals surface area contributed by atoms with Gasteiger partial charge in [0.15, 0.2) is 0 Å². The molecule has 0 saturated heterocycles. The van der Waals surface area contributed by atoms with Gasteiger partial charge in [0.1, 0.15) is 22.7 Å². The summed E-state index contributed by atoms with van der Waals surface area (Å²) < 4.78 is 16.0. The highest BCUT2D eigenvalue weighted by Crippen LogP contribution is 2.27. The highest BCUT2D eigenvalue weighted by molar-refractivity contribution is 5.84. The molecule has 1 aromatic rings. The molecular weight excluding hydrogens is 296 g/mol. The van der Waals surface area contributed by atoms with Crippen molar-refractivity contribution >= 4 is 5.91 Å². The van der Waals surface area contributed by atoms with Crippen molar-refractivity contribution in [3.63, 3.8) is 0 Å². The smallest absolute Gasteiger partial charge is 0.242 e. The second kappa shape index (κ2) is 8.28. The SMILES string of the molecule is COc1cc(OC)cc(OCCCN(C)C(=O)C(C)(C)C#N)c1. The van der Waals surface area contributed by atoms with Crippen molar-refractivity contribution in [2.45, 2.75) is 20.3 Å². The Labute approximate surface area is 137 Å². The molecule has 0 spiro atoms. The van der Waals surface area contributed by atoms with Crippen LogP contribution in [0.5, 0.6) is 17.2 Å². The number of benzene rings is 1. The molecule has 126 valence electrons. The van der Waals surface area contributed by atoms with Gasteiger partial charge in [0.05, 0.1) is 26.9 Å². The number of amides is 1. The summed E-state index contributed by atoms with van der Waals surface area (Å²) in [6.07, 6.45) is 0.656. The fraction of sp³-hybridized carbons (Fsp3) is 0.529. The second-order valence-electron chi connectivity index (χ2n) is 5.71. The lowest BCUT2D eigenvalue weighted by atomic mass is 9.94. The molecule has 1 rings (SSSR count). The Kier molecular flexibility index (Phi) is 6.70. The highest BCUT2D eigenvalue weighted by atomic mass is 16.5. The molecule has 0 bridgehead atoms. The van der Waals surface area contributed by atoms with Gasteiger partial charge in [0.2, 0.25) is 5.91 Å². The summed E-state index contributed by atoms with van der Waals surface area (Å²) in [6.45, 7) is 4.20. The van der Waals surface area contributed by atoms with Crippen LogP contribution in [0.4, 0.5) is 0 Å². The minimum absolute atomic E-state index is 0.192. The third-order valence-electron chi connectivity index (χ3n) is 3.39. The van der Waals surface area contributed by atoms with Crippen molar-refractivity contribution in [1.29, 1.82) is 5.26 Å². The van der Waals surface area contributed by atoms with Gasteiger partial charge in [0, 0.05) is 31.8 Å². The molecule has 0 aromatic heterocycles. The van der Waals surface area contributed by atoms with Crippen molar-refractivity contribution in [3.8, 4) is 23.3 Å². The van der Waals surface area contributed by atoms with Gasteiger partial charge in [-0.3, -0.25) is 4.79 Å². The molecule has 0 radical (unpaired) electrons. The molecular formula is C17H24N2O4. The fourth-order valence-corrected chi connectivity index (χ4v) is 1.98. The second-order valence-corrected chi connectivity index (χ2v) is 5.71. The van der Waals surface area contributed by atoms with E-state index >= 15 is 0 Å². The predicted octanol–water partition coefficient (Wildman–Crippen LogP) is 2.48. The van der Waals surface area contributed by atoms with Gasteiger partial charge in [-0.2, -0.15) is 5.26 Å². The van der Waals surface area contributed by atoms with E-state index in [1.165, 1.54) is 0 Å². The third kappa shape index (κ3) is 5.37. The van der Waals surface area contributed by atoms with Gasteiger partial charge >= 0.3 is 0 Å². The number of carbonyl (C=O) groups is 1. The van der Waals surface area contributed by atoms with E-state index in [2.05, 4.69) is 0 Å². The summed E-state index contributed by atoms with van der Waals surface area (Å²) >= 11 is 0. The molecule has 0 aliphatic heterocycles. The Bertz CT molecular complexity index is 556. The number of hydrogen-bond donors (Lipinski definition) is 0. The van der Waals surface area contributed by atoms with Crippen molar-refractivity contribution in [2.24, 2.45) is 5.41 Å². The topological polar surface area (TPSA) is 71.8 Å². The molecule has 0 aliphatic carbocycles. The number of ether oxygens (including phenoxy) is 3. The average molecular weight is 320 g/mol. The van der Waals surface area contributed by atoms with E-state index in [0.29, 0.717) is 36.8 Å². The zero-order chi connectivity index (χ0) is 17.5. The summed E-state index contributed by atoms with van der Waals surface area (Å²) in [5, 5.41) is 8.99. The first-order valence-corrected chi connectivity index (χ1v) is 7.36. The lowest BCUT2D eigenvalue weighted by Gasteiger charge is -2.23. The predicted molar refractivity (Wildman–Crippen MR) is 86.7 cm³/mol. The molecule has 0 saturated carbocycles. The minimum atomic E-state index is -1.00. The molecule has 0 unspecified atom stereocenters. The molecule has 0 N–H and O–H groups in total. The lowest BCUT2D eigenvalue weighted by Crippen LogP contribution is -2.38. The Balaban J connectivity index is 2.49. The van der Waals surface area contributed by atoms with E-state index in [0.717, 1.165) is 0 Å². The fourth-order valence-electron chi connectivity index (χ4n) is 1.98. The number of nitrogens with zero attached hydrogens (tertiary/aromatic N) is 2. The van der Waals surface area contributed by atoms with Crippen molar-refractivity contribution in [3.05, 3.63) is 18.2 Å². The largest absolute Gasteiger partial charge is 0.496 e. The van der Waals surface area contributed by atoms with Crippen LogP contribution in [0.2, 0.25) is 0 Å². The maximum Gasteiger partial charge on any atom is 0.242 e. The summed E-state index contributed by atoms with van der Waals surface area (Å²) in [7, 11) is 4.85. The third-order valence-corrected chi connectivity index (χ3v) is 3.39. The van der Waals surface area contributed by atoms with Crippen molar-refractivity contribution in [1.82, 2.24) is 4.90 Å². The molecule has 0 heterocycles. The summed E-state index contributed by atoms with van der Waals surface area (Å²) in [5.41, 5.74) is -1.00. The van der Waals surface area contributed by atoms with Crippen LogP contribution in [0.15, 0.2) is 18.2 Å². The van der Waals surface area contributed by atoms with E-state index in [-0.39, 0.29) is 5.91 Å². The van der Waals surface area contributed by atoms with E-state index in [1.807, 2.05) is 6.07 Å². The number of carbonyl (C=O) groups excluding carboxylic acids is 1. The Hall–Kier alpha value is -2.42. The zero-order valence-corrected chi connectivity index (χ0v) is 14.4. The van der Waals surface area contributed by atoms with Gasteiger partial charge in [-0.25, -0.2) is 0 Å². The Morgan fingerprint density at radius 1 is 1.17 bits per heavy atom. The van der Waals surface area contributed by atoms with Crippen LogP contribution in [0.3, 0.4) is 0 Å². The maximum atomic E-state index is 12.1.